The van der Waals surface area contributed by atoms with Crippen LogP contribution in [0.3, 0.4) is 0 Å². The van der Waals surface area contributed by atoms with Crippen LogP contribution in [-0.4, -0.2) is 92.9 Å². The maximum absolute atomic E-state index is 6.36. The third kappa shape index (κ3) is 8.27. The molecule has 0 unspecified atom stereocenters. The smallest absolute Gasteiger partial charge is 0.227 e. The number of fused-ring (bicyclic) bond motifs is 6. The van der Waals surface area contributed by atoms with E-state index in [4.69, 9.17) is 14.5 Å². The van der Waals surface area contributed by atoms with E-state index < -0.39 is 0 Å². The van der Waals surface area contributed by atoms with Gasteiger partial charge in [-0.2, -0.15) is 0 Å². The van der Waals surface area contributed by atoms with Crippen molar-refractivity contribution in [3.05, 3.63) is 78.0 Å². The van der Waals surface area contributed by atoms with Gasteiger partial charge in [0.05, 0.1) is 12.3 Å². The van der Waals surface area contributed by atoms with Gasteiger partial charge >= 0.3 is 0 Å². The first kappa shape index (κ1) is 28.1. The van der Waals surface area contributed by atoms with Crippen molar-refractivity contribution in [1.82, 2.24) is 14.7 Å². The van der Waals surface area contributed by atoms with Gasteiger partial charge in [0, 0.05) is 76.7 Å². The lowest BCUT2D eigenvalue weighted by atomic mass is 10.1. The largest absolute Gasteiger partial charge is 0.494 e. The Hall–Kier alpha value is -3.46. The molecule has 0 saturated carbocycles. The first-order valence-electron chi connectivity index (χ1n) is 14.4. The predicted octanol–water partition coefficient (Wildman–Crippen LogP) is 4.89. The molecule has 1 N–H and O–H groups in total. The minimum atomic E-state index is 0. The Balaban J connectivity index is 0.00000387. The van der Waals surface area contributed by atoms with Crippen LogP contribution in [0.25, 0.3) is 0 Å². The number of allylic oxidation sites excluding steroid dienone is 2. The molecular formula is C32H44N6O2. The molecular weight excluding hydrogens is 500 g/mol. The highest BCUT2D eigenvalue weighted by molar-refractivity contribution is 6.11. The summed E-state index contributed by atoms with van der Waals surface area (Å²) in [6.07, 6.45) is 11.0. The van der Waals surface area contributed by atoms with Gasteiger partial charge in [-0.1, -0.05) is 30.4 Å². The van der Waals surface area contributed by atoms with Crippen molar-refractivity contribution in [2.24, 2.45) is 9.98 Å². The highest BCUT2D eigenvalue weighted by Crippen LogP contribution is 2.25. The fourth-order valence-corrected chi connectivity index (χ4v) is 5.02. The van der Waals surface area contributed by atoms with Crippen molar-refractivity contribution in [3.8, 4) is 11.5 Å². The molecule has 1 saturated heterocycles. The molecule has 2 aromatic rings. The van der Waals surface area contributed by atoms with Crippen LogP contribution in [0.15, 0.2) is 76.9 Å². The topological polar surface area (TPSA) is 64.9 Å². The average Bonchev–Trinajstić information content (AvgIpc) is 3.20. The van der Waals surface area contributed by atoms with Crippen LogP contribution in [0.2, 0.25) is 0 Å². The number of hydrogen-bond donors (Lipinski definition) is 1. The van der Waals surface area contributed by atoms with Crippen LogP contribution >= 0.6 is 0 Å². The van der Waals surface area contributed by atoms with Crippen LogP contribution in [0.1, 0.15) is 31.8 Å². The molecule has 0 aliphatic carbocycles. The standard InChI is InChI=1S/C32H42N6O2.H2/c1-36-16-18-38(19-17-36)20-22-40-31-13-12-28-23-27(31)25-37(2)15-5-3-4-6-21-39-29-10-7-9-26(24-29)30-11-8-14-33-32(34-28)35-30;/h3,5,7-10,12-14,23-24H,4,6,11,15-22,25H2,1-2H3,(H,33,34);1H/b5-3+;. The van der Waals surface area contributed by atoms with Gasteiger partial charge in [0.15, 0.2) is 0 Å². The number of nitrogens with one attached hydrogen (secondary N) is 1. The molecule has 8 heteroatoms. The first-order valence-corrected chi connectivity index (χ1v) is 14.4. The molecule has 0 spiro atoms. The second kappa shape index (κ2) is 14.3. The normalized spacial score (nSPS) is 20.4. The minimum absolute atomic E-state index is 0. The summed E-state index contributed by atoms with van der Waals surface area (Å²) in [5.41, 5.74) is 4.09. The summed E-state index contributed by atoms with van der Waals surface area (Å²) >= 11 is 0. The van der Waals surface area contributed by atoms with Crippen LogP contribution in [0, 0.1) is 0 Å². The van der Waals surface area contributed by atoms with E-state index in [1.54, 1.807) is 0 Å². The number of ether oxygens (including phenoxy) is 2. The number of aliphatic imine (C=N–C) groups is 2. The number of rotatable bonds is 4. The number of nitrogens with zero attached hydrogens (tertiary/aromatic N) is 5. The molecule has 5 rings (SSSR count). The summed E-state index contributed by atoms with van der Waals surface area (Å²) in [7, 11) is 4.33. The summed E-state index contributed by atoms with van der Waals surface area (Å²) in [4.78, 5) is 16.6. The van der Waals surface area contributed by atoms with E-state index >= 15 is 0 Å². The van der Waals surface area contributed by atoms with Crippen molar-refractivity contribution in [1.29, 1.82) is 0 Å². The van der Waals surface area contributed by atoms with E-state index in [1.807, 2.05) is 24.4 Å². The lowest BCUT2D eigenvalue weighted by Gasteiger charge is -2.32. The molecule has 0 radical (unpaired) electrons. The number of hydrogen-bond acceptors (Lipinski definition) is 8. The van der Waals surface area contributed by atoms with Gasteiger partial charge in [-0.25, -0.2) is 9.98 Å². The second-order valence-corrected chi connectivity index (χ2v) is 10.7. The molecule has 40 heavy (non-hydrogen) atoms. The zero-order valence-electron chi connectivity index (χ0n) is 23.9. The van der Waals surface area contributed by atoms with Crippen molar-refractivity contribution in [2.75, 3.05) is 71.9 Å². The highest BCUT2D eigenvalue weighted by Gasteiger charge is 2.15. The Morgan fingerprint density at radius 2 is 1.90 bits per heavy atom. The van der Waals surface area contributed by atoms with Crippen LogP contribution in [0.4, 0.5) is 5.69 Å². The number of benzene rings is 2. The third-order valence-electron chi connectivity index (χ3n) is 7.41. The average molecular weight is 545 g/mol. The quantitative estimate of drug-likeness (QED) is 0.553. The predicted molar refractivity (Wildman–Crippen MR) is 166 cm³/mol. The fourth-order valence-electron chi connectivity index (χ4n) is 5.02. The van der Waals surface area contributed by atoms with E-state index in [2.05, 4.69) is 81.6 Å². The summed E-state index contributed by atoms with van der Waals surface area (Å²) in [5, 5.41) is 3.45. The van der Waals surface area contributed by atoms with Gasteiger partial charge in [0.2, 0.25) is 5.96 Å². The van der Waals surface area contributed by atoms with E-state index in [-0.39, 0.29) is 1.43 Å². The Morgan fingerprint density at radius 1 is 1.00 bits per heavy atom. The van der Waals surface area contributed by atoms with E-state index in [0.717, 1.165) is 92.7 Å². The summed E-state index contributed by atoms with van der Waals surface area (Å²) in [5.74, 6) is 2.37. The SMILES string of the molecule is CN1CCN(CCOc2ccc3cc2CN(C)C/C=C/CCCOc2cccc(c2)C2=NC(=NC=CC2)N3)CC1.[HH]. The number of likely N-dealkylation sites (N-methyl/N-ethyl adjacent to an activating group) is 2. The van der Waals surface area contributed by atoms with Crippen molar-refractivity contribution in [2.45, 2.75) is 25.8 Å². The van der Waals surface area contributed by atoms with E-state index in [0.29, 0.717) is 25.6 Å². The Morgan fingerprint density at radius 3 is 2.80 bits per heavy atom. The molecule has 0 amide bonds. The highest BCUT2D eigenvalue weighted by atomic mass is 16.5. The van der Waals surface area contributed by atoms with Crippen LogP contribution in [-0.2, 0) is 6.54 Å². The van der Waals surface area contributed by atoms with E-state index in [1.165, 1.54) is 0 Å². The Labute approximate surface area is 240 Å². The number of piperazine rings is 1. The summed E-state index contributed by atoms with van der Waals surface area (Å²) in [6.45, 7) is 8.38. The van der Waals surface area contributed by atoms with Gasteiger partial charge in [0.25, 0.3) is 0 Å². The first-order chi connectivity index (χ1) is 19.6. The monoisotopic (exact) mass is 544 g/mol. The van der Waals surface area contributed by atoms with Crippen molar-refractivity contribution < 1.29 is 10.9 Å². The molecule has 0 aromatic heterocycles. The van der Waals surface area contributed by atoms with E-state index in [9.17, 15) is 0 Å². The maximum Gasteiger partial charge on any atom is 0.227 e. The number of anilines is 1. The molecule has 3 aliphatic heterocycles. The van der Waals surface area contributed by atoms with Gasteiger partial charge in [-0.05, 0) is 57.3 Å². The molecule has 214 valence electrons. The van der Waals surface area contributed by atoms with Crippen molar-refractivity contribution >= 4 is 17.4 Å². The molecule has 3 heterocycles. The lowest BCUT2D eigenvalue weighted by Crippen LogP contribution is -2.45. The molecule has 1 fully saturated rings. The summed E-state index contributed by atoms with van der Waals surface area (Å²) < 4.78 is 12.4. The van der Waals surface area contributed by atoms with Gasteiger partial charge in [-0.3, -0.25) is 9.80 Å². The van der Waals surface area contributed by atoms with Crippen molar-refractivity contribution in [3.63, 3.8) is 0 Å². The number of guanidine groups is 1. The lowest BCUT2D eigenvalue weighted by molar-refractivity contribution is 0.133. The fraction of sp³-hybridized carbons (Fsp3) is 0.438. The Kier molecular flexibility index (Phi) is 10.0. The van der Waals surface area contributed by atoms with Gasteiger partial charge in [0.1, 0.15) is 18.1 Å². The molecule has 2 aromatic carbocycles. The zero-order chi connectivity index (χ0) is 27.6. The third-order valence-corrected chi connectivity index (χ3v) is 7.41. The van der Waals surface area contributed by atoms with Gasteiger partial charge < -0.3 is 19.7 Å². The van der Waals surface area contributed by atoms with Crippen LogP contribution < -0.4 is 14.8 Å². The second-order valence-electron chi connectivity index (χ2n) is 10.7. The molecule has 6 bridgehead atoms. The molecule has 3 aliphatic rings. The molecule has 8 nitrogen and oxygen atoms in total. The Bertz CT molecular complexity index is 1250. The zero-order valence-corrected chi connectivity index (χ0v) is 23.9. The van der Waals surface area contributed by atoms with Gasteiger partial charge in [-0.15, -0.1) is 0 Å². The minimum Gasteiger partial charge on any atom is -0.494 e. The maximum atomic E-state index is 6.36. The molecule has 0 atom stereocenters. The van der Waals surface area contributed by atoms with Crippen LogP contribution in [0.5, 0.6) is 11.5 Å². The summed E-state index contributed by atoms with van der Waals surface area (Å²) in [6, 6.07) is 14.5.